The summed E-state index contributed by atoms with van der Waals surface area (Å²) in [6.07, 6.45) is 0.466. The number of benzene rings is 1. The minimum Gasteiger partial charge on any atom is -0.378 e. The number of nitrogens with zero attached hydrogens (tertiary/aromatic N) is 2. The van der Waals surface area contributed by atoms with E-state index in [1.807, 2.05) is 4.90 Å². The van der Waals surface area contributed by atoms with Gasteiger partial charge in [0.15, 0.2) is 0 Å². The fraction of sp³-hybridized carbons (Fsp3) is 0.533. The molecule has 1 unspecified atom stereocenters. The fourth-order valence-corrected chi connectivity index (χ4v) is 3.03. The summed E-state index contributed by atoms with van der Waals surface area (Å²) in [6.45, 7) is 4.79. The van der Waals surface area contributed by atoms with Gasteiger partial charge in [-0.2, -0.15) is 0 Å². The van der Waals surface area contributed by atoms with E-state index in [1.165, 1.54) is 5.69 Å². The predicted molar refractivity (Wildman–Crippen MR) is 79.1 cm³/mol. The van der Waals surface area contributed by atoms with Crippen LogP contribution >= 0.6 is 11.6 Å². The number of ether oxygens (including phenoxy) is 1. The maximum atomic E-state index is 11.7. The average Bonchev–Trinajstić information content (AvgIpc) is 2.79. The van der Waals surface area contributed by atoms with E-state index in [1.54, 1.807) is 0 Å². The van der Waals surface area contributed by atoms with Crippen molar-refractivity contribution >= 4 is 23.2 Å². The molecule has 0 aromatic heterocycles. The van der Waals surface area contributed by atoms with Gasteiger partial charge in [-0.3, -0.25) is 4.79 Å². The average molecular weight is 295 g/mol. The molecule has 1 aromatic rings. The first kappa shape index (κ1) is 13.7. The highest BCUT2D eigenvalue weighted by molar-refractivity contribution is 6.22. The fourth-order valence-electron chi connectivity index (χ4n) is 2.73. The van der Waals surface area contributed by atoms with Gasteiger partial charge in [-0.05, 0) is 17.7 Å². The van der Waals surface area contributed by atoms with Crippen LogP contribution in [0.5, 0.6) is 0 Å². The summed E-state index contributed by atoms with van der Waals surface area (Å²) >= 11 is 6.01. The Morgan fingerprint density at radius 1 is 1.20 bits per heavy atom. The molecular formula is C15H19ClN2O2. The molecule has 0 bridgehead atoms. The highest BCUT2D eigenvalue weighted by Gasteiger charge is 2.27. The first-order valence-corrected chi connectivity index (χ1v) is 7.49. The summed E-state index contributed by atoms with van der Waals surface area (Å²) in [5.41, 5.74) is 2.38. The number of likely N-dealkylation sites (tertiary alicyclic amines) is 1. The second kappa shape index (κ2) is 6.02. The van der Waals surface area contributed by atoms with Crippen molar-refractivity contribution in [3.63, 3.8) is 0 Å². The largest absolute Gasteiger partial charge is 0.378 e. The molecule has 1 aromatic carbocycles. The van der Waals surface area contributed by atoms with Gasteiger partial charge in [-0.25, -0.2) is 0 Å². The van der Waals surface area contributed by atoms with Crippen LogP contribution in [0.4, 0.5) is 5.69 Å². The predicted octanol–water partition coefficient (Wildman–Crippen LogP) is 1.86. The van der Waals surface area contributed by atoms with Crippen LogP contribution in [0.3, 0.4) is 0 Å². The number of carbonyl (C=O) groups excluding carboxylic acids is 1. The standard InChI is InChI=1S/C15H19ClN2O2/c16-13-9-15(19)18(11-13)10-12-1-3-14(4-2-12)17-5-7-20-8-6-17/h1-4,13H,5-11H2. The van der Waals surface area contributed by atoms with E-state index >= 15 is 0 Å². The number of hydrogen-bond donors (Lipinski definition) is 0. The van der Waals surface area contributed by atoms with Crippen molar-refractivity contribution in [2.24, 2.45) is 0 Å². The summed E-state index contributed by atoms with van der Waals surface area (Å²) in [6, 6.07) is 8.44. The van der Waals surface area contributed by atoms with Crippen molar-refractivity contribution in [1.82, 2.24) is 4.90 Å². The quantitative estimate of drug-likeness (QED) is 0.798. The molecule has 0 N–H and O–H groups in total. The highest BCUT2D eigenvalue weighted by atomic mass is 35.5. The van der Waals surface area contributed by atoms with E-state index in [0.717, 1.165) is 31.9 Å². The number of anilines is 1. The van der Waals surface area contributed by atoms with Crippen molar-refractivity contribution < 1.29 is 9.53 Å². The van der Waals surface area contributed by atoms with Gasteiger partial charge in [0.05, 0.1) is 18.6 Å². The Kier molecular flexibility index (Phi) is 4.13. The zero-order chi connectivity index (χ0) is 13.9. The second-order valence-corrected chi connectivity index (χ2v) is 5.96. The molecule has 1 atom stereocenters. The third-order valence-corrected chi connectivity index (χ3v) is 4.15. The molecule has 0 radical (unpaired) electrons. The Balaban J connectivity index is 1.62. The van der Waals surface area contributed by atoms with Crippen molar-refractivity contribution in [1.29, 1.82) is 0 Å². The Morgan fingerprint density at radius 2 is 1.90 bits per heavy atom. The van der Waals surface area contributed by atoms with Gasteiger partial charge in [0.1, 0.15) is 0 Å². The number of hydrogen-bond acceptors (Lipinski definition) is 3. The van der Waals surface area contributed by atoms with Crippen molar-refractivity contribution in [2.75, 3.05) is 37.7 Å². The number of carbonyl (C=O) groups is 1. The van der Waals surface area contributed by atoms with Crippen LogP contribution in [-0.4, -0.2) is 49.0 Å². The normalized spacial score (nSPS) is 23.4. The summed E-state index contributed by atoms with van der Waals surface area (Å²) in [5.74, 6) is 0.155. The molecule has 5 heteroatoms. The Morgan fingerprint density at radius 3 is 2.50 bits per heavy atom. The molecule has 0 saturated carbocycles. The summed E-state index contributed by atoms with van der Waals surface area (Å²) in [7, 11) is 0. The third-order valence-electron chi connectivity index (χ3n) is 3.85. The van der Waals surface area contributed by atoms with Crippen LogP contribution in [0.15, 0.2) is 24.3 Å². The molecule has 1 amide bonds. The SMILES string of the molecule is O=C1CC(Cl)CN1Cc1ccc(N2CCOCC2)cc1. The smallest absolute Gasteiger partial charge is 0.224 e. The lowest BCUT2D eigenvalue weighted by molar-refractivity contribution is -0.128. The van der Waals surface area contributed by atoms with E-state index in [9.17, 15) is 4.79 Å². The molecule has 2 aliphatic rings. The molecule has 4 nitrogen and oxygen atoms in total. The molecule has 108 valence electrons. The van der Waals surface area contributed by atoms with Gasteiger partial charge in [0, 0.05) is 38.3 Å². The highest BCUT2D eigenvalue weighted by Crippen LogP contribution is 2.21. The molecule has 3 rings (SSSR count). The van der Waals surface area contributed by atoms with Crippen LogP contribution < -0.4 is 4.90 Å². The van der Waals surface area contributed by atoms with Gasteiger partial charge < -0.3 is 14.5 Å². The van der Waals surface area contributed by atoms with Gasteiger partial charge >= 0.3 is 0 Å². The number of halogens is 1. The minimum absolute atomic E-state index is 0.0323. The number of amides is 1. The van der Waals surface area contributed by atoms with Gasteiger partial charge in [0.2, 0.25) is 5.91 Å². The van der Waals surface area contributed by atoms with Crippen LogP contribution in [0.25, 0.3) is 0 Å². The molecule has 0 aliphatic carbocycles. The van der Waals surface area contributed by atoms with Crippen LogP contribution in [0.2, 0.25) is 0 Å². The first-order valence-electron chi connectivity index (χ1n) is 7.06. The van der Waals surface area contributed by atoms with Crippen LogP contribution in [0.1, 0.15) is 12.0 Å². The Hall–Kier alpha value is -1.26. The molecular weight excluding hydrogens is 276 g/mol. The van der Waals surface area contributed by atoms with E-state index in [-0.39, 0.29) is 11.3 Å². The number of alkyl halides is 1. The third kappa shape index (κ3) is 3.07. The summed E-state index contributed by atoms with van der Waals surface area (Å²) in [5, 5.41) is -0.0323. The monoisotopic (exact) mass is 294 g/mol. The van der Waals surface area contributed by atoms with Crippen molar-refractivity contribution in [3.8, 4) is 0 Å². The van der Waals surface area contributed by atoms with E-state index in [0.29, 0.717) is 19.5 Å². The molecule has 2 fully saturated rings. The molecule has 20 heavy (non-hydrogen) atoms. The number of morpholine rings is 1. The molecule has 2 saturated heterocycles. The van der Waals surface area contributed by atoms with E-state index in [4.69, 9.17) is 16.3 Å². The summed E-state index contributed by atoms with van der Waals surface area (Å²) < 4.78 is 5.36. The summed E-state index contributed by atoms with van der Waals surface area (Å²) in [4.78, 5) is 15.9. The lowest BCUT2D eigenvalue weighted by Gasteiger charge is -2.29. The Labute approximate surface area is 124 Å². The molecule has 2 aliphatic heterocycles. The molecule has 0 spiro atoms. The Bertz CT molecular complexity index is 471. The first-order chi connectivity index (χ1) is 9.72. The van der Waals surface area contributed by atoms with Gasteiger partial charge in [0.25, 0.3) is 0 Å². The minimum atomic E-state index is -0.0323. The topological polar surface area (TPSA) is 32.8 Å². The van der Waals surface area contributed by atoms with Crippen molar-refractivity contribution in [2.45, 2.75) is 18.3 Å². The second-order valence-electron chi connectivity index (χ2n) is 5.34. The lowest BCUT2D eigenvalue weighted by Crippen LogP contribution is -2.36. The molecule has 2 heterocycles. The van der Waals surface area contributed by atoms with Gasteiger partial charge in [-0.15, -0.1) is 11.6 Å². The van der Waals surface area contributed by atoms with Crippen LogP contribution in [0, 0.1) is 0 Å². The maximum absolute atomic E-state index is 11.7. The van der Waals surface area contributed by atoms with E-state index in [2.05, 4.69) is 29.2 Å². The lowest BCUT2D eigenvalue weighted by atomic mass is 10.2. The van der Waals surface area contributed by atoms with Crippen LogP contribution in [-0.2, 0) is 16.1 Å². The maximum Gasteiger partial charge on any atom is 0.224 e. The van der Waals surface area contributed by atoms with Gasteiger partial charge in [-0.1, -0.05) is 12.1 Å². The zero-order valence-electron chi connectivity index (χ0n) is 11.4. The van der Waals surface area contributed by atoms with E-state index < -0.39 is 0 Å². The zero-order valence-corrected chi connectivity index (χ0v) is 12.2. The number of rotatable bonds is 3. The van der Waals surface area contributed by atoms with Crippen molar-refractivity contribution in [3.05, 3.63) is 29.8 Å².